The Morgan fingerprint density at radius 1 is 1.16 bits per heavy atom. The molecule has 1 aliphatic heterocycles. The minimum absolute atomic E-state index is 0.0162. The van der Waals surface area contributed by atoms with Crippen LogP contribution in [0.25, 0.3) is 0 Å². The summed E-state index contributed by atoms with van der Waals surface area (Å²) in [5.41, 5.74) is 4.71. The van der Waals surface area contributed by atoms with E-state index in [-0.39, 0.29) is 42.7 Å². The van der Waals surface area contributed by atoms with Gasteiger partial charge in [-0.2, -0.15) is 0 Å². The Morgan fingerprint density at radius 2 is 1.91 bits per heavy atom. The van der Waals surface area contributed by atoms with E-state index in [0.717, 1.165) is 30.5 Å². The third-order valence-electron chi connectivity index (χ3n) is 9.23. The zero-order valence-electron chi connectivity index (χ0n) is 25.1. The summed E-state index contributed by atoms with van der Waals surface area (Å²) in [7, 11) is 0. The first-order chi connectivity index (χ1) is 20.7. The van der Waals surface area contributed by atoms with Gasteiger partial charge in [0.15, 0.2) is 11.4 Å². The van der Waals surface area contributed by atoms with Gasteiger partial charge >= 0.3 is 5.97 Å². The van der Waals surface area contributed by atoms with Crippen LogP contribution < -0.4 is 11.1 Å². The molecule has 3 aliphatic rings. The molecule has 228 valence electrons. The molecule has 0 spiro atoms. The highest BCUT2D eigenvalue weighted by atomic mass is 16.7. The summed E-state index contributed by atoms with van der Waals surface area (Å²) in [6.07, 6.45) is 8.91. The minimum Gasteiger partial charge on any atom is -0.463 e. The number of nitrogens with one attached hydrogen (secondary N) is 1. The Labute approximate surface area is 252 Å². The second kappa shape index (κ2) is 12.5. The molecular formula is C34H41N3O6. The predicted molar refractivity (Wildman–Crippen MR) is 162 cm³/mol. The molecule has 4 N–H and O–H groups in total. The number of ether oxygens (including phenoxy) is 2. The highest BCUT2D eigenvalue weighted by Crippen LogP contribution is 2.59. The van der Waals surface area contributed by atoms with E-state index in [1.165, 1.54) is 0 Å². The summed E-state index contributed by atoms with van der Waals surface area (Å²) >= 11 is 0. The SMILES string of the molecule is CCNC1C=CC(CC)CC1COC(=O)C12OC1(CC(CO)=C(C)CCc1ccnc(N)c1)C(=O)c1ccccc1C2=O. The Bertz CT molecular complexity index is 1470. The van der Waals surface area contributed by atoms with Gasteiger partial charge in [-0.1, -0.05) is 55.8 Å². The number of carbonyl (C=O) groups excluding carboxylic acids is 3. The van der Waals surface area contributed by atoms with Crippen LogP contribution in [0.2, 0.25) is 0 Å². The Balaban J connectivity index is 1.42. The normalized spacial score (nSPS) is 28.1. The number of fused-ring (bicyclic) bond motifs is 2. The molecule has 9 heteroatoms. The number of aliphatic hydroxyl groups excluding tert-OH is 1. The van der Waals surface area contributed by atoms with Crippen LogP contribution in [0.15, 0.2) is 65.9 Å². The van der Waals surface area contributed by atoms with Crippen molar-refractivity contribution in [3.05, 3.63) is 82.6 Å². The smallest absolute Gasteiger partial charge is 0.350 e. The molecule has 43 heavy (non-hydrogen) atoms. The molecule has 0 radical (unpaired) electrons. The number of aryl methyl sites for hydroxylation is 1. The molecule has 1 saturated heterocycles. The first-order valence-electron chi connectivity index (χ1n) is 15.2. The van der Waals surface area contributed by atoms with Gasteiger partial charge in [0, 0.05) is 35.7 Å². The van der Waals surface area contributed by atoms with Crippen molar-refractivity contribution in [1.29, 1.82) is 0 Å². The lowest BCUT2D eigenvalue weighted by atomic mass is 9.71. The Kier molecular flexibility index (Phi) is 8.96. The zero-order chi connectivity index (χ0) is 30.8. The summed E-state index contributed by atoms with van der Waals surface area (Å²) in [6.45, 7) is 6.54. The van der Waals surface area contributed by atoms with Gasteiger partial charge in [-0.05, 0) is 68.3 Å². The molecule has 5 unspecified atom stereocenters. The van der Waals surface area contributed by atoms with Gasteiger partial charge in [-0.25, -0.2) is 9.78 Å². The van der Waals surface area contributed by atoms with Crippen molar-refractivity contribution < 1.29 is 29.0 Å². The number of hydrogen-bond acceptors (Lipinski definition) is 9. The molecule has 1 aromatic carbocycles. The third-order valence-corrected chi connectivity index (χ3v) is 9.23. The van der Waals surface area contributed by atoms with Crippen molar-refractivity contribution in [3.63, 3.8) is 0 Å². The minimum atomic E-state index is -2.08. The zero-order valence-corrected chi connectivity index (χ0v) is 25.1. The van der Waals surface area contributed by atoms with Crippen LogP contribution in [0, 0.1) is 11.8 Å². The molecule has 1 aromatic heterocycles. The largest absolute Gasteiger partial charge is 0.463 e. The number of hydrogen-bond donors (Lipinski definition) is 3. The second-order valence-electron chi connectivity index (χ2n) is 11.9. The summed E-state index contributed by atoms with van der Waals surface area (Å²) in [5.74, 6) is -1.05. The van der Waals surface area contributed by atoms with Gasteiger partial charge in [0.25, 0.3) is 5.60 Å². The maximum Gasteiger partial charge on any atom is 0.350 e. The van der Waals surface area contributed by atoms with Crippen LogP contribution in [0.3, 0.4) is 0 Å². The van der Waals surface area contributed by atoms with Crippen molar-refractivity contribution in [1.82, 2.24) is 10.3 Å². The summed E-state index contributed by atoms with van der Waals surface area (Å²) in [6, 6.07) is 10.2. The van der Waals surface area contributed by atoms with E-state index in [4.69, 9.17) is 15.2 Å². The van der Waals surface area contributed by atoms with Crippen LogP contribution in [-0.4, -0.2) is 64.6 Å². The van der Waals surface area contributed by atoms with Gasteiger partial charge in [-0.15, -0.1) is 0 Å². The average Bonchev–Trinajstić information content (AvgIpc) is 3.72. The second-order valence-corrected chi connectivity index (χ2v) is 11.9. The van der Waals surface area contributed by atoms with Crippen molar-refractivity contribution >= 4 is 23.4 Å². The van der Waals surface area contributed by atoms with Gasteiger partial charge < -0.3 is 25.6 Å². The number of pyridine rings is 1. The fourth-order valence-electron chi connectivity index (χ4n) is 6.58. The molecule has 5 atom stereocenters. The number of allylic oxidation sites excluding steroid dienone is 2. The Hall–Kier alpha value is -3.66. The standard InChI is InChI=1S/C34H41N3O6/c1-4-22-12-13-28(36-5-2)24(16-22)20-42-32(41)34-31(40)27-9-7-6-8-26(27)30(39)33(34,43-34)18-25(19-38)21(3)10-11-23-14-15-37-29(35)17-23/h6-9,12-15,17,22,24,28,36,38H,4-5,10-11,16,18-20H2,1-3H3,(H2,35,37). The van der Waals surface area contributed by atoms with E-state index in [1.807, 2.05) is 19.9 Å². The van der Waals surface area contributed by atoms with E-state index in [2.05, 4.69) is 29.4 Å². The first-order valence-corrected chi connectivity index (χ1v) is 15.2. The highest BCUT2D eigenvalue weighted by molar-refractivity contribution is 6.32. The molecule has 0 amide bonds. The number of epoxide rings is 1. The average molecular weight is 588 g/mol. The van der Waals surface area contributed by atoms with Crippen molar-refractivity contribution in [2.75, 3.05) is 25.5 Å². The number of aromatic nitrogens is 1. The number of anilines is 1. The number of carbonyl (C=O) groups is 3. The van der Waals surface area contributed by atoms with Gasteiger partial charge in [0.05, 0.1) is 13.2 Å². The number of ketones is 2. The van der Waals surface area contributed by atoms with Crippen molar-refractivity contribution in [2.24, 2.45) is 11.8 Å². The summed E-state index contributed by atoms with van der Waals surface area (Å²) in [4.78, 5) is 45.9. The lowest BCUT2D eigenvalue weighted by Crippen LogP contribution is -2.51. The van der Waals surface area contributed by atoms with E-state index < -0.39 is 28.7 Å². The predicted octanol–water partition coefficient (Wildman–Crippen LogP) is 4.01. The molecule has 0 saturated carbocycles. The van der Waals surface area contributed by atoms with Crippen LogP contribution in [0.1, 0.15) is 72.7 Å². The van der Waals surface area contributed by atoms with E-state index in [9.17, 15) is 19.5 Å². The monoisotopic (exact) mass is 587 g/mol. The molecular weight excluding hydrogens is 546 g/mol. The number of aliphatic hydroxyl groups is 1. The van der Waals surface area contributed by atoms with Crippen LogP contribution in [-0.2, 0) is 20.7 Å². The number of benzene rings is 1. The number of nitrogen functional groups attached to an aromatic ring is 1. The first kappa shape index (κ1) is 30.8. The van der Waals surface area contributed by atoms with E-state index in [0.29, 0.717) is 30.2 Å². The topological polar surface area (TPSA) is 144 Å². The van der Waals surface area contributed by atoms with Gasteiger partial charge in [0.2, 0.25) is 5.78 Å². The molecule has 1 fully saturated rings. The molecule has 0 bridgehead atoms. The third kappa shape index (κ3) is 5.57. The fraction of sp³-hybridized carbons (Fsp3) is 0.471. The summed E-state index contributed by atoms with van der Waals surface area (Å²) in [5, 5.41) is 13.8. The van der Waals surface area contributed by atoms with Crippen molar-refractivity contribution in [2.45, 2.75) is 70.1 Å². The highest BCUT2D eigenvalue weighted by Gasteiger charge is 2.85. The number of rotatable bonds is 12. The lowest BCUT2D eigenvalue weighted by molar-refractivity contribution is -0.149. The number of esters is 1. The van der Waals surface area contributed by atoms with Crippen LogP contribution in [0.5, 0.6) is 0 Å². The molecule has 2 aliphatic carbocycles. The molecule has 9 nitrogen and oxygen atoms in total. The number of nitrogens with zero attached hydrogens (tertiary/aromatic N) is 1. The molecule has 2 heterocycles. The summed E-state index contributed by atoms with van der Waals surface area (Å²) < 4.78 is 11.9. The molecule has 2 aromatic rings. The van der Waals surface area contributed by atoms with Gasteiger partial charge in [-0.3, -0.25) is 9.59 Å². The van der Waals surface area contributed by atoms with Crippen LogP contribution >= 0.6 is 0 Å². The van der Waals surface area contributed by atoms with Crippen molar-refractivity contribution in [3.8, 4) is 0 Å². The van der Waals surface area contributed by atoms with Gasteiger partial charge in [0.1, 0.15) is 5.82 Å². The number of nitrogens with two attached hydrogens (primary N) is 1. The fourth-order valence-corrected chi connectivity index (χ4v) is 6.58. The van der Waals surface area contributed by atoms with E-state index in [1.54, 1.807) is 36.5 Å². The number of Topliss-reactive ketones (excluding diaryl/α,β-unsaturated/α-hetero) is 2. The lowest BCUT2D eigenvalue weighted by Gasteiger charge is -2.32. The van der Waals surface area contributed by atoms with E-state index >= 15 is 0 Å². The maximum absolute atomic E-state index is 14.0. The maximum atomic E-state index is 14.0. The molecule has 5 rings (SSSR count). The van der Waals surface area contributed by atoms with Crippen LogP contribution in [0.4, 0.5) is 5.82 Å². The number of likely N-dealkylation sites (N-methyl/N-ethyl adjacent to an activating group) is 1. The Morgan fingerprint density at radius 3 is 2.58 bits per heavy atom. The quantitative estimate of drug-likeness (QED) is 0.145.